The topological polar surface area (TPSA) is 215 Å². The van der Waals surface area contributed by atoms with E-state index in [9.17, 15) is 24.0 Å². The van der Waals surface area contributed by atoms with Gasteiger partial charge in [-0.05, 0) is 59.7 Å². The van der Waals surface area contributed by atoms with Gasteiger partial charge in [0.25, 0.3) is 11.8 Å². The molecule has 7 saturated heterocycles. The van der Waals surface area contributed by atoms with Crippen LogP contribution in [-0.4, -0.2) is 151 Å². The molecule has 10 rings (SSSR count). The molecular weight excluding hydrogens is 831 g/mol. The maximum atomic E-state index is 15.7. The number of rotatable bonds is 10. The molecule has 0 aromatic heterocycles. The fourth-order valence-electron chi connectivity index (χ4n) is 11.9. The fourth-order valence-corrected chi connectivity index (χ4v) is 11.9. The molecule has 17 nitrogen and oxygen atoms in total. The molecule has 5 N–H and O–H groups in total. The van der Waals surface area contributed by atoms with Crippen LogP contribution in [0.4, 0.5) is 0 Å². The summed E-state index contributed by atoms with van der Waals surface area (Å²) in [7, 11) is 0. The molecule has 7 fully saturated rings. The Labute approximate surface area is 376 Å². The van der Waals surface area contributed by atoms with E-state index >= 15 is 14.4 Å². The predicted octanol–water partition coefficient (Wildman–Crippen LogP) is 0.184. The Hall–Kier alpha value is -6.36. The van der Waals surface area contributed by atoms with E-state index in [2.05, 4.69) is 16.0 Å². The maximum Gasteiger partial charge on any atom is 0.251 e. The second-order valence-electron chi connectivity index (χ2n) is 19.6. The van der Waals surface area contributed by atoms with E-state index in [4.69, 9.17) is 5.73 Å². The minimum atomic E-state index is -1.68. The number of carbonyl (C=O) groups excluding carboxylic acids is 8. The minimum Gasteiger partial charge on any atom is -0.342 e. The summed E-state index contributed by atoms with van der Waals surface area (Å²) in [6, 6.07) is 18.0. The molecule has 7 heterocycles. The first kappa shape index (κ1) is 42.6. The van der Waals surface area contributed by atoms with E-state index in [0.29, 0.717) is 25.8 Å². The molecular formula is C48H55N9O8. The molecule has 7 aliphatic heterocycles. The predicted molar refractivity (Wildman–Crippen MR) is 235 cm³/mol. The molecule has 340 valence electrons. The zero-order chi connectivity index (χ0) is 45.6. The first-order valence-electron chi connectivity index (χ1n) is 22.9. The Morgan fingerprint density at radius 2 is 1.28 bits per heavy atom. The van der Waals surface area contributed by atoms with Crippen LogP contribution < -0.4 is 21.7 Å². The standard InChI is InChI=1S/C48H55N9O8/c1-28(2)23-56-41(61)36-20-46(43(63)51-33(38(58)52-46)14-8-9-17-49)25-54(36)44(64)48(56)22-37-42(62)57(24-30-15-16-31-12-6-7-13-32(31)18-30)47(45(65)55(37)27-48)21-35-39(59)50-34(40(60)53(35)26-47)19-29-10-4-3-5-11-29/h3-7,10-13,15-16,18,28,33-37H,8-9,14,17,19-27,49H2,1-2H3,(H,50,59)(H,51,63)(H,52,58)/t33-,34-,35-,36-,37-,46?,47?,48?/m0/s1. The Bertz CT molecular complexity index is 2540. The highest BCUT2D eigenvalue weighted by Gasteiger charge is 2.72. The Kier molecular flexibility index (Phi) is 10.3. The van der Waals surface area contributed by atoms with Gasteiger partial charge in [0.05, 0.1) is 19.6 Å². The van der Waals surface area contributed by atoms with Gasteiger partial charge in [0.2, 0.25) is 35.4 Å². The van der Waals surface area contributed by atoms with Gasteiger partial charge in [-0.1, -0.05) is 80.6 Å². The summed E-state index contributed by atoms with van der Waals surface area (Å²) >= 11 is 0. The Balaban J connectivity index is 1.00. The van der Waals surface area contributed by atoms with Crippen LogP contribution in [0.2, 0.25) is 0 Å². The average molecular weight is 886 g/mol. The van der Waals surface area contributed by atoms with Gasteiger partial charge in [0.15, 0.2) is 0 Å². The largest absolute Gasteiger partial charge is 0.342 e. The molecule has 3 spiro atoms. The van der Waals surface area contributed by atoms with E-state index in [1.165, 1.54) is 24.5 Å². The lowest BCUT2D eigenvalue weighted by Gasteiger charge is -2.49. The number of hydrogen-bond donors (Lipinski definition) is 4. The monoisotopic (exact) mass is 885 g/mol. The van der Waals surface area contributed by atoms with Crippen molar-refractivity contribution in [1.82, 2.24) is 40.4 Å². The summed E-state index contributed by atoms with van der Waals surface area (Å²) in [5, 5.41) is 10.6. The third-order valence-corrected chi connectivity index (χ3v) is 15.0. The molecule has 17 heteroatoms. The van der Waals surface area contributed by atoms with Crippen molar-refractivity contribution < 1.29 is 38.4 Å². The minimum absolute atomic E-state index is 0.0160. The molecule has 3 aromatic carbocycles. The summed E-state index contributed by atoms with van der Waals surface area (Å²) in [6.07, 6.45) is 1.49. The molecule has 0 saturated carbocycles. The van der Waals surface area contributed by atoms with E-state index < -0.39 is 88.2 Å². The first-order chi connectivity index (χ1) is 31.2. The van der Waals surface area contributed by atoms with Crippen molar-refractivity contribution in [3.63, 3.8) is 0 Å². The van der Waals surface area contributed by atoms with Gasteiger partial charge in [0, 0.05) is 38.8 Å². The zero-order valence-corrected chi connectivity index (χ0v) is 36.7. The number of unbranched alkanes of at least 4 members (excludes halogenated alkanes) is 1. The zero-order valence-electron chi connectivity index (χ0n) is 36.7. The van der Waals surface area contributed by atoms with Crippen molar-refractivity contribution in [2.24, 2.45) is 11.7 Å². The van der Waals surface area contributed by atoms with Crippen LogP contribution in [0.3, 0.4) is 0 Å². The Morgan fingerprint density at radius 1 is 0.631 bits per heavy atom. The highest BCUT2D eigenvalue weighted by Crippen LogP contribution is 2.49. The lowest BCUT2D eigenvalue weighted by Crippen LogP contribution is -2.72. The van der Waals surface area contributed by atoms with Crippen molar-refractivity contribution in [3.05, 3.63) is 83.9 Å². The summed E-state index contributed by atoms with van der Waals surface area (Å²) in [4.78, 5) is 124. The fraction of sp³-hybridized carbons (Fsp3) is 0.500. The molecule has 0 radical (unpaired) electrons. The van der Waals surface area contributed by atoms with E-state index in [1.807, 2.05) is 86.6 Å². The maximum absolute atomic E-state index is 15.7. The molecule has 65 heavy (non-hydrogen) atoms. The lowest BCUT2D eigenvalue weighted by atomic mass is 9.84. The van der Waals surface area contributed by atoms with Gasteiger partial charge in [-0.2, -0.15) is 0 Å². The van der Waals surface area contributed by atoms with Crippen molar-refractivity contribution >= 4 is 58.0 Å². The number of carbonyl (C=O) groups is 8. The van der Waals surface area contributed by atoms with Crippen LogP contribution in [0.5, 0.6) is 0 Å². The third-order valence-electron chi connectivity index (χ3n) is 15.0. The molecule has 3 aromatic rings. The molecule has 7 aliphatic rings. The first-order valence-corrected chi connectivity index (χ1v) is 22.9. The number of amides is 8. The van der Waals surface area contributed by atoms with Crippen LogP contribution in [0.1, 0.15) is 63.5 Å². The van der Waals surface area contributed by atoms with Gasteiger partial charge < -0.3 is 46.2 Å². The van der Waals surface area contributed by atoms with Gasteiger partial charge in [-0.3, -0.25) is 38.4 Å². The molecule has 0 bridgehead atoms. The number of hydrogen-bond acceptors (Lipinski definition) is 9. The van der Waals surface area contributed by atoms with Crippen LogP contribution in [0.25, 0.3) is 10.8 Å². The van der Waals surface area contributed by atoms with Gasteiger partial charge in [-0.25, -0.2) is 0 Å². The number of fused-ring (bicyclic) bond motifs is 4. The smallest absolute Gasteiger partial charge is 0.251 e. The Morgan fingerprint density at radius 3 is 2.02 bits per heavy atom. The SMILES string of the molecule is CC(C)CN1C(=O)[C@@H]2CC3(CN2C(=O)C12C[C@H]1C(=O)N(Cc4ccc5ccccc5c4)C4(C[C@H]5C(=O)N[C@@H](Cc6ccccc6)C(=O)N5C4)C(=O)N1C2)NC(=O)[C@H](CCCCN)NC3=O. The van der Waals surface area contributed by atoms with Gasteiger partial charge >= 0.3 is 0 Å². The van der Waals surface area contributed by atoms with Crippen molar-refractivity contribution in [2.45, 2.75) is 112 Å². The quantitative estimate of drug-likeness (QED) is 0.204. The number of nitrogens with zero attached hydrogens (tertiary/aromatic N) is 5. The van der Waals surface area contributed by atoms with E-state index in [-0.39, 0.29) is 70.2 Å². The number of piperazine rings is 4. The summed E-state index contributed by atoms with van der Waals surface area (Å²) < 4.78 is 0. The van der Waals surface area contributed by atoms with E-state index in [1.54, 1.807) is 0 Å². The second-order valence-corrected chi connectivity index (χ2v) is 19.6. The van der Waals surface area contributed by atoms with Gasteiger partial charge in [0.1, 0.15) is 46.8 Å². The normalized spacial score (nSPS) is 32.0. The highest BCUT2D eigenvalue weighted by atomic mass is 16.2. The summed E-state index contributed by atoms with van der Waals surface area (Å²) in [5.74, 6) is -3.65. The number of benzene rings is 3. The number of nitrogens with one attached hydrogen (secondary N) is 3. The van der Waals surface area contributed by atoms with Crippen LogP contribution in [0.15, 0.2) is 72.8 Å². The molecule has 3 unspecified atom stereocenters. The van der Waals surface area contributed by atoms with Crippen molar-refractivity contribution in [1.29, 1.82) is 0 Å². The van der Waals surface area contributed by atoms with E-state index in [0.717, 1.165) is 21.9 Å². The second kappa shape index (κ2) is 15.7. The average Bonchev–Trinajstić information content (AvgIpc) is 4.02. The summed E-state index contributed by atoms with van der Waals surface area (Å²) in [5.41, 5.74) is 2.32. The van der Waals surface area contributed by atoms with Crippen LogP contribution in [-0.2, 0) is 51.3 Å². The van der Waals surface area contributed by atoms with Crippen LogP contribution >= 0.6 is 0 Å². The summed E-state index contributed by atoms with van der Waals surface area (Å²) in [6.45, 7) is 3.60. The van der Waals surface area contributed by atoms with Gasteiger partial charge in [-0.15, -0.1) is 0 Å². The molecule has 8 atom stereocenters. The molecule has 8 amide bonds. The third kappa shape index (κ3) is 6.66. The van der Waals surface area contributed by atoms with Crippen LogP contribution in [0, 0.1) is 5.92 Å². The molecule has 0 aliphatic carbocycles. The van der Waals surface area contributed by atoms with Crippen molar-refractivity contribution in [2.75, 3.05) is 32.7 Å². The highest BCUT2D eigenvalue weighted by molar-refractivity contribution is 6.09. The number of nitrogens with two attached hydrogens (primary N) is 1. The lowest BCUT2D eigenvalue weighted by molar-refractivity contribution is -0.170. The van der Waals surface area contributed by atoms with Crippen molar-refractivity contribution in [3.8, 4) is 0 Å².